The van der Waals surface area contributed by atoms with Gasteiger partial charge in [0.1, 0.15) is 10.9 Å². The average Bonchev–Trinajstić information content (AvgIpc) is 3.04. The Morgan fingerprint density at radius 2 is 1.86 bits per heavy atom. The zero-order chi connectivity index (χ0) is 21.0. The molecule has 2 aromatic carbocycles. The molecule has 1 heterocycles. The summed E-state index contributed by atoms with van der Waals surface area (Å²) in [5.41, 5.74) is 3.48. The quantitative estimate of drug-likeness (QED) is 0.516. The SMILES string of the molecule is Cc1ccc(CN(C2=C(NC=O)N(C)C([SH](=O)=O)S2)c2ccc(C#N)cc2)cc1. The van der Waals surface area contributed by atoms with Crippen molar-refractivity contribution >= 4 is 34.6 Å². The van der Waals surface area contributed by atoms with Gasteiger partial charge in [0.25, 0.3) is 0 Å². The van der Waals surface area contributed by atoms with E-state index in [9.17, 15) is 13.2 Å². The Balaban J connectivity index is 2.08. The molecule has 0 saturated carbocycles. The standard InChI is InChI=1S/C20H20N4O3S2/c1-14-3-5-16(6-4-14)12-24(17-9-7-15(11-21)8-10-17)19-18(22-13-25)23(2)20(28-19)29(26)27/h3-10,13,20,29H,12H2,1-2H3,(H,22,25). The molecule has 1 aliphatic heterocycles. The highest BCUT2D eigenvalue weighted by atomic mass is 32.2. The summed E-state index contributed by atoms with van der Waals surface area (Å²) in [6.07, 6.45) is 0.537. The van der Waals surface area contributed by atoms with Crippen molar-refractivity contribution in [2.24, 2.45) is 0 Å². The molecular formula is C20H20N4O3S2. The lowest BCUT2D eigenvalue weighted by Crippen LogP contribution is -2.32. The number of aryl methyl sites for hydroxylation is 1. The predicted molar refractivity (Wildman–Crippen MR) is 114 cm³/mol. The van der Waals surface area contributed by atoms with Gasteiger partial charge in [-0.3, -0.25) is 4.79 Å². The predicted octanol–water partition coefficient (Wildman–Crippen LogP) is 2.32. The maximum atomic E-state index is 11.7. The van der Waals surface area contributed by atoms with Crippen molar-refractivity contribution < 1.29 is 13.2 Å². The van der Waals surface area contributed by atoms with Gasteiger partial charge >= 0.3 is 0 Å². The third kappa shape index (κ3) is 4.55. The minimum Gasteiger partial charge on any atom is -0.334 e. The first-order valence-electron chi connectivity index (χ1n) is 8.75. The van der Waals surface area contributed by atoms with E-state index in [4.69, 9.17) is 5.26 Å². The van der Waals surface area contributed by atoms with E-state index in [1.54, 1.807) is 19.2 Å². The molecular weight excluding hydrogens is 408 g/mol. The first-order chi connectivity index (χ1) is 13.9. The zero-order valence-corrected chi connectivity index (χ0v) is 17.6. The third-order valence-corrected chi connectivity index (χ3v) is 7.20. The fourth-order valence-corrected chi connectivity index (χ4v) is 5.08. The smallest absolute Gasteiger partial charge is 0.212 e. The number of benzene rings is 2. The van der Waals surface area contributed by atoms with Crippen LogP contribution in [0.3, 0.4) is 0 Å². The molecule has 0 aliphatic carbocycles. The van der Waals surface area contributed by atoms with Crippen molar-refractivity contribution in [3.05, 3.63) is 76.1 Å². The van der Waals surface area contributed by atoms with Crippen LogP contribution >= 0.6 is 11.8 Å². The molecule has 1 atom stereocenters. The number of thioether (sulfide) groups is 1. The molecule has 0 radical (unpaired) electrons. The Morgan fingerprint density at radius 3 is 2.41 bits per heavy atom. The molecule has 0 saturated heterocycles. The highest BCUT2D eigenvalue weighted by molar-refractivity contribution is 8.11. The number of amides is 1. The molecule has 7 nitrogen and oxygen atoms in total. The van der Waals surface area contributed by atoms with E-state index in [2.05, 4.69) is 11.4 Å². The first-order valence-corrected chi connectivity index (χ1v) is 10.9. The molecule has 0 fully saturated rings. The van der Waals surface area contributed by atoms with Crippen LogP contribution in [0.2, 0.25) is 0 Å². The van der Waals surface area contributed by atoms with Gasteiger partial charge in [-0.1, -0.05) is 41.6 Å². The maximum absolute atomic E-state index is 11.7. The van der Waals surface area contributed by atoms with Gasteiger partial charge in [-0.05, 0) is 36.8 Å². The van der Waals surface area contributed by atoms with E-state index in [1.807, 2.05) is 48.2 Å². The number of rotatable bonds is 7. The van der Waals surface area contributed by atoms with Gasteiger partial charge in [0.2, 0.25) is 6.41 Å². The number of nitriles is 1. The van der Waals surface area contributed by atoms with Gasteiger partial charge in [0.05, 0.1) is 11.6 Å². The Kier molecular flexibility index (Phi) is 6.46. The zero-order valence-electron chi connectivity index (χ0n) is 15.9. The summed E-state index contributed by atoms with van der Waals surface area (Å²) < 4.78 is 22.6. The monoisotopic (exact) mass is 428 g/mol. The molecule has 29 heavy (non-hydrogen) atoms. The number of nitrogens with one attached hydrogen (secondary N) is 1. The van der Waals surface area contributed by atoms with E-state index in [0.29, 0.717) is 29.4 Å². The molecule has 1 amide bonds. The van der Waals surface area contributed by atoms with Gasteiger partial charge in [-0.15, -0.1) is 0 Å². The fourth-order valence-electron chi connectivity index (χ4n) is 2.96. The Labute approximate surface area is 175 Å². The molecule has 3 rings (SSSR count). The van der Waals surface area contributed by atoms with Crippen LogP contribution in [0.15, 0.2) is 59.4 Å². The molecule has 0 aromatic heterocycles. The topological polar surface area (TPSA) is 93.5 Å². The normalized spacial score (nSPS) is 16.1. The van der Waals surface area contributed by atoms with Crippen molar-refractivity contribution in [1.29, 1.82) is 5.26 Å². The summed E-state index contributed by atoms with van der Waals surface area (Å²) in [5.74, 6) is 0.422. The van der Waals surface area contributed by atoms with Crippen LogP contribution in [0, 0.1) is 18.3 Å². The summed E-state index contributed by atoms with van der Waals surface area (Å²) in [6.45, 7) is 2.47. The largest absolute Gasteiger partial charge is 0.334 e. The number of anilines is 1. The number of hydrogen-bond donors (Lipinski definition) is 2. The van der Waals surface area contributed by atoms with Crippen LogP contribution < -0.4 is 10.2 Å². The molecule has 2 aromatic rings. The Morgan fingerprint density at radius 1 is 1.21 bits per heavy atom. The van der Waals surface area contributed by atoms with Gasteiger partial charge < -0.3 is 15.1 Å². The van der Waals surface area contributed by atoms with E-state index in [-0.39, 0.29) is 0 Å². The van der Waals surface area contributed by atoms with Crippen molar-refractivity contribution in [2.75, 3.05) is 11.9 Å². The molecule has 1 unspecified atom stereocenters. The molecule has 150 valence electrons. The van der Waals surface area contributed by atoms with E-state index in [0.717, 1.165) is 28.6 Å². The lowest BCUT2D eigenvalue weighted by molar-refractivity contribution is -0.109. The van der Waals surface area contributed by atoms with Gasteiger partial charge in [-0.2, -0.15) is 5.26 Å². The number of carbonyl (C=O) groups excluding carboxylic acids is 1. The van der Waals surface area contributed by atoms with Gasteiger partial charge in [-0.25, -0.2) is 8.42 Å². The highest BCUT2D eigenvalue weighted by Crippen LogP contribution is 2.41. The second-order valence-electron chi connectivity index (χ2n) is 6.49. The summed E-state index contributed by atoms with van der Waals surface area (Å²) in [7, 11) is -1.12. The number of thiol groups is 1. The Hall–Kier alpha value is -2.96. The van der Waals surface area contributed by atoms with Crippen molar-refractivity contribution in [3.8, 4) is 6.07 Å². The van der Waals surface area contributed by atoms with Crippen molar-refractivity contribution in [3.63, 3.8) is 0 Å². The minimum atomic E-state index is -2.75. The molecule has 1 aliphatic rings. The molecule has 9 heteroatoms. The molecule has 0 spiro atoms. The van der Waals surface area contributed by atoms with Crippen molar-refractivity contribution in [1.82, 2.24) is 10.2 Å². The van der Waals surface area contributed by atoms with Crippen LogP contribution in [0.5, 0.6) is 0 Å². The summed E-state index contributed by atoms with van der Waals surface area (Å²) in [4.78, 5) is 14.7. The van der Waals surface area contributed by atoms with Crippen molar-refractivity contribution in [2.45, 2.75) is 18.2 Å². The second kappa shape index (κ2) is 9.03. The molecule has 0 bridgehead atoms. The fraction of sp³-hybridized carbons (Fsp3) is 0.200. The third-order valence-electron chi connectivity index (χ3n) is 4.49. The lowest BCUT2D eigenvalue weighted by Gasteiger charge is -2.26. The molecule has 1 N–H and O–H groups in total. The van der Waals surface area contributed by atoms with E-state index < -0.39 is 15.4 Å². The van der Waals surface area contributed by atoms with E-state index in [1.165, 1.54) is 4.90 Å². The van der Waals surface area contributed by atoms with Gasteiger partial charge in [0.15, 0.2) is 15.4 Å². The number of hydrogen-bond acceptors (Lipinski definition) is 7. The van der Waals surface area contributed by atoms with Crippen LogP contribution in [-0.2, 0) is 22.0 Å². The van der Waals surface area contributed by atoms with Gasteiger partial charge in [0, 0.05) is 19.3 Å². The Bertz CT molecular complexity index is 1030. The summed E-state index contributed by atoms with van der Waals surface area (Å²) in [6, 6.07) is 17.2. The summed E-state index contributed by atoms with van der Waals surface area (Å²) >= 11 is 1.16. The highest BCUT2D eigenvalue weighted by Gasteiger charge is 2.35. The number of nitrogens with zero attached hydrogens (tertiary/aromatic N) is 3. The van der Waals surface area contributed by atoms with Crippen LogP contribution in [0.4, 0.5) is 5.69 Å². The second-order valence-corrected chi connectivity index (χ2v) is 8.96. The number of carbonyl (C=O) groups is 1. The minimum absolute atomic E-state index is 0.422. The van der Waals surface area contributed by atoms with Crippen LogP contribution in [-0.4, -0.2) is 31.5 Å². The maximum Gasteiger partial charge on any atom is 0.212 e. The summed E-state index contributed by atoms with van der Waals surface area (Å²) in [5, 5.41) is 12.3. The van der Waals surface area contributed by atoms with E-state index >= 15 is 0 Å². The lowest BCUT2D eigenvalue weighted by atomic mass is 10.1. The average molecular weight is 429 g/mol. The first kappa shape index (κ1) is 20.8. The van der Waals surface area contributed by atoms with Crippen LogP contribution in [0.25, 0.3) is 0 Å². The van der Waals surface area contributed by atoms with Crippen LogP contribution in [0.1, 0.15) is 16.7 Å².